The minimum atomic E-state index is -3.49. The Morgan fingerprint density at radius 2 is 1.61 bits per heavy atom. The van der Waals surface area contributed by atoms with E-state index in [4.69, 9.17) is 0 Å². The number of Topliss-reactive ketones (excluding diaryl/α,β-unsaturated/α-hetero) is 1. The topological polar surface area (TPSA) is 104 Å². The molecule has 1 saturated carbocycles. The number of carbonyl (C=O) groups is 2. The molecule has 0 spiro atoms. The van der Waals surface area contributed by atoms with Gasteiger partial charge in [0.15, 0.2) is 5.78 Å². The van der Waals surface area contributed by atoms with E-state index in [2.05, 4.69) is 15.6 Å². The van der Waals surface area contributed by atoms with Crippen LogP contribution in [0.2, 0.25) is 0 Å². The molecular weight excluding hydrogens is 378 g/mol. The second-order valence-corrected chi connectivity index (χ2v) is 8.60. The van der Waals surface area contributed by atoms with Crippen molar-refractivity contribution in [3.63, 3.8) is 0 Å². The molecule has 0 heterocycles. The van der Waals surface area contributed by atoms with Gasteiger partial charge in [0.05, 0.1) is 10.6 Å². The zero-order valence-corrected chi connectivity index (χ0v) is 16.4. The largest absolute Gasteiger partial charge is 0.299 e. The van der Waals surface area contributed by atoms with Gasteiger partial charge in [-0.05, 0) is 44.0 Å². The molecule has 1 aliphatic rings. The number of hydrogen-bond acceptors (Lipinski definition) is 5. The zero-order valence-electron chi connectivity index (χ0n) is 15.6. The monoisotopic (exact) mass is 401 g/mol. The van der Waals surface area contributed by atoms with Crippen molar-refractivity contribution in [2.24, 2.45) is 0 Å². The fourth-order valence-corrected chi connectivity index (χ4v) is 3.83. The molecule has 0 unspecified atom stereocenters. The summed E-state index contributed by atoms with van der Waals surface area (Å²) in [6.45, 7) is 1.94. The quantitative estimate of drug-likeness (QED) is 0.442. The van der Waals surface area contributed by atoms with E-state index in [1.54, 1.807) is 24.3 Å². The molecule has 1 amide bonds. The van der Waals surface area contributed by atoms with E-state index >= 15 is 0 Å². The van der Waals surface area contributed by atoms with Crippen LogP contribution in [0.4, 0.5) is 5.69 Å². The van der Waals surface area contributed by atoms with Gasteiger partial charge in [0, 0.05) is 24.4 Å². The maximum absolute atomic E-state index is 12.1. The van der Waals surface area contributed by atoms with Gasteiger partial charge in [-0.15, -0.1) is 0 Å². The van der Waals surface area contributed by atoms with Crippen LogP contribution in [0.25, 0.3) is 0 Å². The summed E-state index contributed by atoms with van der Waals surface area (Å²) in [6.07, 6.45) is 1.91. The molecule has 0 radical (unpaired) electrons. The van der Waals surface area contributed by atoms with E-state index in [9.17, 15) is 18.0 Å². The number of amides is 1. The third-order valence-electron chi connectivity index (χ3n) is 4.36. The number of rotatable bonds is 9. The standard InChI is InChI=1S/C20H23N3O4S/c1-14-2-4-15(5-3-14)19(24)12-13-20(25)22-21-16-8-10-18(11-9-16)28(26,27)23-17-6-7-17/h2-5,8-11,17,21,23H,6-7,12-13H2,1H3,(H,22,25). The Labute approximate surface area is 164 Å². The fraction of sp³-hybridized carbons (Fsp3) is 0.300. The third-order valence-corrected chi connectivity index (χ3v) is 5.90. The molecule has 7 nitrogen and oxygen atoms in total. The normalized spacial score (nSPS) is 13.8. The van der Waals surface area contributed by atoms with Crippen molar-refractivity contribution < 1.29 is 18.0 Å². The average molecular weight is 401 g/mol. The second kappa shape index (κ2) is 8.53. The van der Waals surface area contributed by atoms with E-state index in [1.165, 1.54) is 12.1 Å². The summed E-state index contributed by atoms with van der Waals surface area (Å²) in [5, 5.41) is 0. The summed E-state index contributed by atoms with van der Waals surface area (Å²) in [5.41, 5.74) is 7.43. The first-order valence-electron chi connectivity index (χ1n) is 9.10. The van der Waals surface area contributed by atoms with Crippen molar-refractivity contribution >= 4 is 27.4 Å². The molecule has 3 N–H and O–H groups in total. The predicted molar refractivity (Wildman–Crippen MR) is 106 cm³/mol. The van der Waals surface area contributed by atoms with E-state index in [1.807, 2.05) is 19.1 Å². The molecule has 0 aliphatic heterocycles. The Morgan fingerprint density at radius 1 is 0.964 bits per heavy atom. The van der Waals surface area contributed by atoms with E-state index in [0.29, 0.717) is 11.3 Å². The highest BCUT2D eigenvalue weighted by atomic mass is 32.2. The number of ketones is 1. The van der Waals surface area contributed by atoms with E-state index in [0.717, 1.165) is 18.4 Å². The molecule has 1 fully saturated rings. The number of benzene rings is 2. The molecule has 1 aliphatic carbocycles. The van der Waals surface area contributed by atoms with Gasteiger partial charge in [-0.2, -0.15) is 0 Å². The first-order chi connectivity index (χ1) is 13.3. The van der Waals surface area contributed by atoms with Crippen LogP contribution < -0.4 is 15.6 Å². The Hall–Kier alpha value is -2.71. The highest BCUT2D eigenvalue weighted by Gasteiger charge is 2.27. The van der Waals surface area contributed by atoms with Gasteiger partial charge in [0.25, 0.3) is 0 Å². The molecule has 2 aromatic rings. The van der Waals surface area contributed by atoms with Gasteiger partial charge >= 0.3 is 0 Å². The van der Waals surface area contributed by atoms with Gasteiger partial charge in [0.2, 0.25) is 15.9 Å². The summed E-state index contributed by atoms with van der Waals surface area (Å²) < 4.78 is 26.8. The molecule has 0 aromatic heterocycles. The highest BCUT2D eigenvalue weighted by Crippen LogP contribution is 2.22. The van der Waals surface area contributed by atoms with Crippen LogP contribution in [0.5, 0.6) is 0 Å². The molecular formula is C20H23N3O4S. The van der Waals surface area contributed by atoms with E-state index in [-0.39, 0.29) is 35.5 Å². The molecule has 0 saturated heterocycles. The Morgan fingerprint density at radius 3 is 2.21 bits per heavy atom. The lowest BCUT2D eigenvalue weighted by Crippen LogP contribution is -2.29. The number of nitrogens with one attached hydrogen (secondary N) is 3. The minimum Gasteiger partial charge on any atom is -0.299 e. The first kappa shape index (κ1) is 20.0. The van der Waals surface area contributed by atoms with Crippen LogP contribution in [-0.4, -0.2) is 26.2 Å². The lowest BCUT2D eigenvalue weighted by molar-refractivity contribution is -0.120. The van der Waals surface area contributed by atoms with Crippen LogP contribution in [-0.2, 0) is 14.8 Å². The number of sulfonamides is 1. The number of hydrazine groups is 1. The summed E-state index contributed by atoms with van der Waals surface area (Å²) in [6, 6.07) is 13.4. The van der Waals surface area contributed by atoms with Crippen molar-refractivity contribution in [2.75, 3.05) is 5.43 Å². The van der Waals surface area contributed by atoms with Crippen LogP contribution in [0.15, 0.2) is 53.4 Å². The Kier molecular flexibility index (Phi) is 6.11. The second-order valence-electron chi connectivity index (χ2n) is 6.88. The van der Waals surface area contributed by atoms with Gasteiger partial charge < -0.3 is 0 Å². The van der Waals surface area contributed by atoms with Crippen molar-refractivity contribution in [1.82, 2.24) is 10.1 Å². The molecule has 0 atom stereocenters. The smallest absolute Gasteiger partial charge is 0.240 e. The van der Waals surface area contributed by atoms with Crippen LogP contribution >= 0.6 is 0 Å². The number of hydrogen-bond donors (Lipinski definition) is 3. The fourth-order valence-electron chi connectivity index (χ4n) is 2.52. The van der Waals surface area contributed by atoms with Gasteiger partial charge in [0.1, 0.15) is 0 Å². The molecule has 0 bridgehead atoms. The van der Waals surface area contributed by atoms with Crippen LogP contribution in [0.3, 0.4) is 0 Å². The minimum absolute atomic E-state index is 0.0460. The number of carbonyl (C=O) groups excluding carboxylic acids is 2. The van der Waals surface area contributed by atoms with E-state index < -0.39 is 10.0 Å². The summed E-state index contributed by atoms with van der Waals surface area (Å²) in [4.78, 5) is 24.2. The van der Waals surface area contributed by atoms with Crippen molar-refractivity contribution in [3.8, 4) is 0 Å². The Bertz CT molecular complexity index is 950. The number of anilines is 1. The number of aryl methyl sites for hydroxylation is 1. The summed E-state index contributed by atoms with van der Waals surface area (Å²) in [7, 11) is -3.49. The molecule has 148 valence electrons. The highest BCUT2D eigenvalue weighted by molar-refractivity contribution is 7.89. The predicted octanol–water partition coefficient (Wildman–Crippen LogP) is 2.54. The molecule has 3 rings (SSSR count). The van der Waals surface area contributed by atoms with Gasteiger partial charge in [-0.25, -0.2) is 13.1 Å². The van der Waals surface area contributed by atoms with Crippen molar-refractivity contribution in [2.45, 2.75) is 43.5 Å². The zero-order chi connectivity index (χ0) is 20.1. The maximum atomic E-state index is 12.1. The van der Waals surface area contributed by atoms with Gasteiger partial charge in [-0.1, -0.05) is 29.8 Å². The molecule has 28 heavy (non-hydrogen) atoms. The first-order valence-corrected chi connectivity index (χ1v) is 10.6. The van der Waals surface area contributed by atoms with Crippen molar-refractivity contribution in [3.05, 3.63) is 59.7 Å². The van der Waals surface area contributed by atoms with Crippen LogP contribution in [0.1, 0.15) is 41.6 Å². The SMILES string of the molecule is Cc1ccc(C(=O)CCC(=O)NNc2ccc(S(=O)(=O)NC3CC3)cc2)cc1. The summed E-state index contributed by atoms with van der Waals surface area (Å²) in [5.74, 6) is -0.416. The summed E-state index contributed by atoms with van der Waals surface area (Å²) >= 11 is 0. The van der Waals surface area contributed by atoms with Crippen molar-refractivity contribution in [1.29, 1.82) is 0 Å². The average Bonchev–Trinajstić information content (AvgIpc) is 3.48. The van der Waals surface area contributed by atoms with Gasteiger partial charge in [-0.3, -0.25) is 20.4 Å². The molecule has 8 heteroatoms. The third kappa shape index (κ3) is 5.64. The lowest BCUT2D eigenvalue weighted by Gasteiger charge is -2.10. The van der Waals surface area contributed by atoms with Crippen LogP contribution in [0, 0.1) is 6.92 Å². The lowest BCUT2D eigenvalue weighted by atomic mass is 10.1. The Balaban J connectivity index is 1.45. The maximum Gasteiger partial charge on any atom is 0.240 e. The molecule has 2 aromatic carbocycles.